The summed E-state index contributed by atoms with van der Waals surface area (Å²) in [5, 5.41) is 0. The largest absolute Gasteiger partial charge is 0.463 e. The van der Waals surface area contributed by atoms with Gasteiger partial charge in [-0.05, 0) is 50.1 Å². The SMILES string of the molecule is CCOC(=O)C1=C(C)N=c2s/c(=C/c3ccc(OC(C)=O)cc3)c(=O)n2[C@H]1c1ccc(C)cc1. The van der Waals surface area contributed by atoms with E-state index in [9.17, 15) is 14.4 Å². The van der Waals surface area contributed by atoms with Gasteiger partial charge in [0.25, 0.3) is 5.56 Å². The maximum absolute atomic E-state index is 13.6. The van der Waals surface area contributed by atoms with Crippen LogP contribution in [-0.2, 0) is 14.3 Å². The summed E-state index contributed by atoms with van der Waals surface area (Å²) in [6.45, 7) is 7.06. The van der Waals surface area contributed by atoms with Crippen LogP contribution in [0.4, 0.5) is 0 Å². The van der Waals surface area contributed by atoms with E-state index >= 15 is 0 Å². The van der Waals surface area contributed by atoms with Crippen molar-refractivity contribution in [2.45, 2.75) is 33.7 Å². The van der Waals surface area contributed by atoms with Crippen LogP contribution in [-0.4, -0.2) is 23.1 Å². The number of ether oxygens (including phenoxy) is 2. The molecule has 34 heavy (non-hydrogen) atoms. The fraction of sp³-hybridized carbons (Fsp3) is 0.231. The Hall–Kier alpha value is -3.78. The first-order valence-electron chi connectivity index (χ1n) is 10.8. The van der Waals surface area contributed by atoms with E-state index in [1.54, 1.807) is 48.8 Å². The molecular formula is C26H24N2O5S. The van der Waals surface area contributed by atoms with Crippen LogP contribution in [0.15, 0.2) is 69.6 Å². The lowest BCUT2D eigenvalue weighted by Gasteiger charge is -2.24. The van der Waals surface area contributed by atoms with Gasteiger partial charge >= 0.3 is 11.9 Å². The topological polar surface area (TPSA) is 87.0 Å². The van der Waals surface area contributed by atoms with E-state index in [1.165, 1.54) is 18.3 Å². The molecular weight excluding hydrogens is 452 g/mol. The minimum Gasteiger partial charge on any atom is -0.463 e. The standard InChI is InChI=1S/C26H24N2O5S/c1-5-32-25(31)22-16(3)27-26-28(23(22)19-10-6-15(2)7-11-19)24(30)21(34-26)14-18-8-12-20(13-9-18)33-17(4)29/h6-14,23H,5H2,1-4H3/b21-14+/t23-/m0/s1. The maximum atomic E-state index is 13.6. The van der Waals surface area contributed by atoms with E-state index in [4.69, 9.17) is 9.47 Å². The Morgan fingerprint density at radius 1 is 1.09 bits per heavy atom. The molecule has 0 fully saturated rings. The zero-order valence-electron chi connectivity index (χ0n) is 19.3. The minimum atomic E-state index is -0.635. The van der Waals surface area contributed by atoms with Gasteiger partial charge in [-0.1, -0.05) is 53.3 Å². The van der Waals surface area contributed by atoms with Gasteiger partial charge in [0.1, 0.15) is 5.75 Å². The van der Waals surface area contributed by atoms with Crippen LogP contribution < -0.4 is 19.6 Å². The average molecular weight is 477 g/mol. The van der Waals surface area contributed by atoms with Gasteiger partial charge in [-0.2, -0.15) is 0 Å². The molecule has 3 aromatic rings. The number of hydrogen-bond acceptors (Lipinski definition) is 7. The number of esters is 2. The molecule has 0 aliphatic carbocycles. The number of rotatable bonds is 5. The predicted molar refractivity (Wildman–Crippen MR) is 129 cm³/mol. The fourth-order valence-corrected chi connectivity index (χ4v) is 4.85. The molecule has 0 amide bonds. The van der Waals surface area contributed by atoms with Crippen molar-refractivity contribution in [1.82, 2.24) is 4.57 Å². The molecule has 2 aromatic carbocycles. The Labute approximate surface area is 200 Å². The zero-order chi connectivity index (χ0) is 24.4. The summed E-state index contributed by atoms with van der Waals surface area (Å²) < 4.78 is 12.4. The van der Waals surface area contributed by atoms with Crippen molar-refractivity contribution >= 4 is 29.4 Å². The number of aromatic nitrogens is 1. The van der Waals surface area contributed by atoms with E-state index < -0.39 is 18.0 Å². The number of aryl methyl sites for hydroxylation is 1. The molecule has 1 atom stereocenters. The van der Waals surface area contributed by atoms with Crippen LogP contribution in [0.2, 0.25) is 0 Å². The minimum absolute atomic E-state index is 0.226. The quantitative estimate of drug-likeness (QED) is 0.417. The Kier molecular flexibility index (Phi) is 6.61. The van der Waals surface area contributed by atoms with Crippen molar-refractivity contribution in [3.05, 3.63) is 96.2 Å². The van der Waals surface area contributed by atoms with Crippen LogP contribution in [0.3, 0.4) is 0 Å². The summed E-state index contributed by atoms with van der Waals surface area (Å²) in [4.78, 5) is 42.7. The highest BCUT2D eigenvalue weighted by atomic mass is 32.1. The Morgan fingerprint density at radius 2 is 1.76 bits per heavy atom. The first kappa shape index (κ1) is 23.4. The van der Waals surface area contributed by atoms with Crippen molar-refractivity contribution in [3.63, 3.8) is 0 Å². The molecule has 0 spiro atoms. The highest BCUT2D eigenvalue weighted by Gasteiger charge is 2.33. The number of fused-ring (bicyclic) bond motifs is 1. The molecule has 8 heteroatoms. The predicted octanol–water partition coefficient (Wildman–Crippen LogP) is 3.03. The van der Waals surface area contributed by atoms with E-state index in [0.29, 0.717) is 26.4 Å². The van der Waals surface area contributed by atoms with Crippen molar-refractivity contribution in [2.24, 2.45) is 4.99 Å². The van der Waals surface area contributed by atoms with Gasteiger partial charge in [-0.25, -0.2) is 9.79 Å². The van der Waals surface area contributed by atoms with Crippen LogP contribution in [0.25, 0.3) is 6.08 Å². The lowest BCUT2D eigenvalue weighted by molar-refractivity contribution is -0.139. The Morgan fingerprint density at radius 3 is 2.38 bits per heavy atom. The first-order valence-corrected chi connectivity index (χ1v) is 11.6. The Bertz CT molecular complexity index is 1460. The highest BCUT2D eigenvalue weighted by Crippen LogP contribution is 2.30. The monoisotopic (exact) mass is 476 g/mol. The third-order valence-electron chi connectivity index (χ3n) is 5.35. The van der Waals surface area contributed by atoms with Gasteiger partial charge in [0, 0.05) is 6.92 Å². The lowest BCUT2D eigenvalue weighted by atomic mass is 9.95. The number of allylic oxidation sites excluding steroid dienone is 1. The molecule has 0 bridgehead atoms. The Balaban J connectivity index is 1.86. The second kappa shape index (κ2) is 9.61. The summed E-state index contributed by atoms with van der Waals surface area (Å²) >= 11 is 1.26. The van der Waals surface area contributed by atoms with E-state index in [2.05, 4.69) is 4.99 Å². The highest BCUT2D eigenvalue weighted by molar-refractivity contribution is 7.07. The number of benzene rings is 2. The molecule has 4 rings (SSSR count). The van der Waals surface area contributed by atoms with Gasteiger partial charge in [-0.15, -0.1) is 0 Å². The molecule has 7 nitrogen and oxygen atoms in total. The van der Waals surface area contributed by atoms with E-state index in [-0.39, 0.29) is 12.2 Å². The molecule has 0 unspecified atom stereocenters. The van der Waals surface area contributed by atoms with Crippen LogP contribution in [0, 0.1) is 6.92 Å². The molecule has 1 aromatic heterocycles. The second-order valence-electron chi connectivity index (χ2n) is 7.88. The molecule has 174 valence electrons. The van der Waals surface area contributed by atoms with E-state index in [1.807, 2.05) is 31.2 Å². The van der Waals surface area contributed by atoms with Gasteiger partial charge in [0.15, 0.2) is 4.80 Å². The molecule has 0 N–H and O–H groups in total. The smallest absolute Gasteiger partial charge is 0.338 e. The van der Waals surface area contributed by atoms with Crippen molar-refractivity contribution in [2.75, 3.05) is 6.61 Å². The molecule has 0 saturated heterocycles. The van der Waals surface area contributed by atoms with E-state index in [0.717, 1.165) is 16.7 Å². The normalized spacial score (nSPS) is 15.5. The molecule has 0 saturated carbocycles. The van der Waals surface area contributed by atoms with Crippen LogP contribution >= 0.6 is 11.3 Å². The van der Waals surface area contributed by atoms with Gasteiger partial charge in [-0.3, -0.25) is 14.2 Å². The average Bonchev–Trinajstić information content (AvgIpc) is 3.09. The number of carbonyl (C=O) groups excluding carboxylic acids is 2. The van der Waals surface area contributed by atoms with Crippen LogP contribution in [0.5, 0.6) is 5.75 Å². The zero-order valence-corrected chi connectivity index (χ0v) is 20.1. The van der Waals surface area contributed by atoms with Gasteiger partial charge < -0.3 is 9.47 Å². The maximum Gasteiger partial charge on any atom is 0.338 e. The fourth-order valence-electron chi connectivity index (χ4n) is 3.81. The first-order chi connectivity index (χ1) is 16.3. The molecule has 2 heterocycles. The van der Waals surface area contributed by atoms with Crippen molar-refractivity contribution < 1.29 is 19.1 Å². The summed E-state index contributed by atoms with van der Waals surface area (Å²) in [6, 6.07) is 14.0. The molecule has 1 aliphatic heterocycles. The number of carbonyl (C=O) groups is 2. The third-order valence-corrected chi connectivity index (χ3v) is 6.33. The summed E-state index contributed by atoms with van der Waals surface area (Å²) in [7, 11) is 0. The number of nitrogens with zero attached hydrogens (tertiary/aromatic N) is 2. The number of thiazole rings is 1. The van der Waals surface area contributed by atoms with Crippen LogP contribution in [0.1, 0.15) is 43.5 Å². The summed E-state index contributed by atoms with van der Waals surface area (Å²) in [5.41, 5.74) is 3.30. The van der Waals surface area contributed by atoms with Crippen molar-refractivity contribution in [1.29, 1.82) is 0 Å². The third kappa shape index (κ3) is 4.63. The lowest BCUT2D eigenvalue weighted by Crippen LogP contribution is -2.39. The van der Waals surface area contributed by atoms with Gasteiger partial charge in [0.2, 0.25) is 0 Å². The molecule has 1 aliphatic rings. The molecule has 0 radical (unpaired) electrons. The summed E-state index contributed by atoms with van der Waals surface area (Å²) in [6.07, 6.45) is 1.76. The second-order valence-corrected chi connectivity index (χ2v) is 8.88. The summed E-state index contributed by atoms with van der Waals surface area (Å²) in [5.74, 6) is -0.449. The van der Waals surface area contributed by atoms with Gasteiger partial charge in [0.05, 0.1) is 28.5 Å². The van der Waals surface area contributed by atoms with Crippen molar-refractivity contribution in [3.8, 4) is 5.75 Å². The number of hydrogen-bond donors (Lipinski definition) is 0.